The fourth-order valence-electron chi connectivity index (χ4n) is 4.22. The van der Waals surface area contributed by atoms with Crippen LogP contribution < -0.4 is 14.4 Å². The van der Waals surface area contributed by atoms with Crippen molar-refractivity contribution in [2.24, 2.45) is 0 Å². The van der Waals surface area contributed by atoms with E-state index < -0.39 is 17.7 Å². The van der Waals surface area contributed by atoms with Crippen molar-refractivity contribution in [2.75, 3.05) is 18.6 Å². The van der Waals surface area contributed by atoms with Crippen molar-refractivity contribution in [3.05, 3.63) is 83.3 Å². The Balaban J connectivity index is 1.92. The zero-order valence-corrected chi connectivity index (χ0v) is 19.6. The van der Waals surface area contributed by atoms with Gasteiger partial charge in [-0.05, 0) is 60.9 Å². The molecule has 2 heterocycles. The SMILES string of the molecule is CCOc1ccc(/C(O)=C2/C(=O)C(=O)N(c3ccccc3OC)C2c2ccco2)cc1C(C)C. The van der Waals surface area contributed by atoms with Gasteiger partial charge in [-0.25, -0.2) is 0 Å². The van der Waals surface area contributed by atoms with Gasteiger partial charge in [0.25, 0.3) is 11.7 Å². The van der Waals surface area contributed by atoms with Crippen LogP contribution in [0.5, 0.6) is 11.5 Å². The molecule has 3 aromatic rings. The van der Waals surface area contributed by atoms with Crippen LogP contribution >= 0.6 is 0 Å². The van der Waals surface area contributed by atoms with E-state index in [-0.39, 0.29) is 17.3 Å². The van der Waals surface area contributed by atoms with E-state index in [0.717, 1.165) is 5.56 Å². The van der Waals surface area contributed by atoms with Crippen LogP contribution in [-0.4, -0.2) is 30.5 Å². The third-order valence-corrected chi connectivity index (χ3v) is 5.81. The molecule has 7 nitrogen and oxygen atoms in total. The van der Waals surface area contributed by atoms with E-state index in [1.54, 1.807) is 54.6 Å². The van der Waals surface area contributed by atoms with E-state index in [0.29, 0.717) is 35.1 Å². The number of ketones is 1. The van der Waals surface area contributed by atoms with Crippen LogP contribution in [0.4, 0.5) is 5.69 Å². The van der Waals surface area contributed by atoms with Gasteiger partial charge in [0.1, 0.15) is 29.1 Å². The molecule has 1 amide bonds. The number of anilines is 1. The Morgan fingerprint density at radius 1 is 1.09 bits per heavy atom. The van der Waals surface area contributed by atoms with Crippen molar-refractivity contribution in [3.63, 3.8) is 0 Å². The Morgan fingerprint density at radius 2 is 1.85 bits per heavy atom. The smallest absolute Gasteiger partial charge is 0.300 e. The van der Waals surface area contributed by atoms with Gasteiger partial charge in [0.2, 0.25) is 0 Å². The molecule has 1 fully saturated rings. The van der Waals surface area contributed by atoms with Crippen molar-refractivity contribution in [3.8, 4) is 11.5 Å². The molecule has 7 heteroatoms. The maximum atomic E-state index is 13.3. The van der Waals surface area contributed by atoms with E-state index >= 15 is 0 Å². The summed E-state index contributed by atoms with van der Waals surface area (Å²) in [6, 6.07) is 14.5. The van der Waals surface area contributed by atoms with Crippen LogP contribution in [0.3, 0.4) is 0 Å². The van der Waals surface area contributed by atoms with Gasteiger partial charge in [0.05, 0.1) is 31.2 Å². The summed E-state index contributed by atoms with van der Waals surface area (Å²) in [5, 5.41) is 11.4. The molecule has 1 atom stereocenters. The molecule has 2 aromatic carbocycles. The lowest BCUT2D eigenvalue weighted by Gasteiger charge is -2.25. The molecule has 1 aliphatic heterocycles. The number of furan rings is 1. The summed E-state index contributed by atoms with van der Waals surface area (Å²) >= 11 is 0. The Labute approximate surface area is 198 Å². The van der Waals surface area contributed by atoms with Gasteiger partial charge in [-0.15, -0.1) is 0 Å². The monoisotopic (exact) mass is 461 g/mol. The molecule has 1 aliphatic rings. The Kier molecular flexibility index (Phi) is 6.45. The number of nitrogens with zero attached hydrogens (tertiary/aromatic N) is 1. The molecule has 1 N–H and O–H groups in total. The predicted molar refractivity (Wildman–Crippen MR) is 128 cm³/mol. The number of amides is 1. The number of carbonyl (C=O) groups is 2. The minimum absolute atomic E-state index is 0.0512. The number of aliphatic hydroxyl groups is 1. The second kappa shape index (κ2) is 9.47. The summed E-state index contributed by atoms with van der Waals surface area (Å²) in [5.74, 6) is -0.252. The summed E-state index contributed by atoms with van der Waals surface area (Å²) < 4.78 is 16.8. The minimum atomic E-state index is -0.958. The second-order valence-electron chi connectivity index (χ2n) is 8.20. The average molecular weight is 462 g/mol. The fourth-order valence-corrected chi connectivity index (χ4v) is 4.22. The predicted octanol–water partition coefficient (Wildman–Crippen LogP) is 5.44. The zero-order valence-electron chi connectivity index (χ0n) is 19.6. The lowest BCUT2D eigenvalue weighted by atomic mass is 9.95. The number of rotatable bonds is 7. The molecule has 34 heavy (non-hydrogen) atoms. The first-order valence-electron chi connectivity index (χ1n) is 11.1. The van der Waals surface area contributed by atoms with Gasteiger partial charge < -0.3 is 19.0 Å². The van der Waals surface area contributed by atoms with Gasteiger partial charge in [0.15, 0.2) is 0 Å². The van der Waals surface area contributed by atoms with Crippen molar-refractivity contribution in [2.45, 2.75) is 32.7 Å². The molecule has 0 radical (unpaired) electrons. The van der Waals surface area contributed by atoms with Crippen molar-refractivity contribution >= 4 is 23.1 Å². The molecule has 0 aliphatic carbocycles. The van der Waals surface area contributed by atoms with Crippen molar-refractivity contribution < 1.29 is 28.6 Å². The second-order valence-corrected chi connectivity index (χ2v) is 8.20. The highest BCUT2D eigenvalue weighted by Gasteiger charge is 2.49. The number of carbonyl (C=O) groups excluding carboxylic acids is 2. The molecule has 0 saturated carbocycles. The summed E-state index contributed by atoms with van der Waals surface area (Å²) in [6.45, 7) is 6.45. The van der Waals surface area contributed by atoms with Gasteiger partial charge in [-0.2, -0.15) is 0 Å². The number of ether oxygens (including phenoxy) is 2. The molecule has 1 unspecified atom stereocenters. The maximum absolute atomic E-state index is 13.3. The normalized spacial score (nSPS) is 17.4. The van der Waals surface area contributed by atoms with E-state index in [4.69, 9.17) is 13.9 Å². The first-order valence-corrected chi connectivity index (χ1v) is 11.1. The first kappa shape index (κ1) is 23.2. The Hall–Kier alpha value is -4.00. The van der Waals surface area contributed by atoms with Crippen LogP contribution in [-0.2, 0) is 9.59 Å². The lowest BCUT2D eigenvalue weighted by molar-refractivity contribution is -0.132. The number of hydrogen-bond donors (Lipinski definition) is 1. The van der Waals surface area contributed by atoms with Gasteiger partial charge in [-0.1, -0.05) is 26.0 Å². The topological polar surface area (TPSA) is 89.2 Å². The first-order chi connectivity index (χ1) is 16.4. The number of Topliss-reactive ketones (excluding diaryl/α,β-unsaturated/α-hetero) is 1. The van der Waals surface area contributed by atoms with Crippen molar-refractivity contribution in [1.29, 1.82) is 0 Å². The Bertz CT molecular complexity index is 1240. The number of methoxy groups -OCH3 is 1. The highest BCUT2D eigenvalue weighted by Crippen LogP contribution is 2.45. The minimum Gasteiger partial charge on any atom is -0.507 e. The van der Waals surface area contributed by atoms with Gasteiger partial charge >= 0.3 is 0 Å². The summed E-state index contributed by atoms with van der Waals surface area (Å²) in [4.78, 5) is 27.8. The number of aliphatic hydroxyl groups excluding tert-OH is 1. The summed E-state index contributed by atoms with van der Waals surface area (Å²) in [7, 11) is 1.49. The average Bonchev–Trinajstić information content (AvgIpc) is 3.46. The van der Waals surface area contributed by atoms with E-state index in [9.17, 15) is 14.7 Å². The number of para-hydroxylation sites is 2. The number of benzene rings is 2. The van der Waals surface area contributed by atoms with Crippen molar-refractivity contribution in [1.82, 2.24) is 0 Å². The highest BCUT2D eigenvalue weighted by atomic mass is 16.5. The van der Waals surface area contributed by atoms with Crippen LogP contribution in [0.2, 0.25) is 0 Å². The third kappa shape index (κ3) is 3.94. The van der Waals surface area contributed by atoms with E-state index in [1.165, 1.54) is 18.3 Å². The molecular formula is C27H27NO6. The lowest BCUT2D eigenvalue weighted by Crippen LogP contribution is -2.29. The fraction of sp³-hybridized carbons (Fsp3) is 0.259. The molecule has 0 bridgehead atoms. The van der Waals surface area contributed by atoms with E-state index in [2.05, 4.69) is 0 Å². The molecule has 4 rings (SSSR count). The molecule has 0 spiro atoms. The van der Waals surface area contributed by atoms with Crippen LogP contribution in [0, 0.1) is 0 Å². The Morgan fingerprint density at radius 3 is 2.50 bits per heavy atom. The van der Waals surface area contributed by atoms with Gasteiger partial charge in [0, 0.05) is 5.56 Å². The molecule has 176 valence electrons. The maximum Gasteiger partial charge on any atom is 0.300 e. The standard InChI is InChI=1S/C27H27NO6/c1-5-33-20-13-12-17(15-18(20)16(2)3)25(29)23-24(22-11-8-14-34-22)28(27(31)26(23)30)19-9-6-7-10-21(19)32-4/h6-16,24,29H,5H2,1-4H3/b25-23-. The third-order valence-electron chi connectivity index (χ3n) is 5.81. The van der Waals surface area contributed by atoms with Crippen LogP contribution in [0.1, 0.15) is 49.6 Å². The zero-order chi connectivity index (χ0) is 24.4. The van der Waals surface area contributed by atoms with Gasteiger partial charge in [-0.3, -0.25) is 14.5 Å². The summed E-state index contributed by atoms with van der Waals surface area (Å²) in [6.07, 6.45) is 1.46. The molecule has 1 aromatic heterocycles. The number of hydrogen-bond acceptors (Lipinski definition) is 6. The molecular weight excluding hydrogens is 434 g/mol. The largest absolute Gasteiger partial charge is 0.507 e. The molecule has 1 saturated heterocycles. The highest BCUT2D eigenvalue weighted by molar-refractivity contribution is 6.51. The van der Waals surface area contributed by atoms with Crippen LogP contribution in [0.15, 0.2) is 70.9 Å². The quantitative estimate of drug-likeness (QED) is 0.286. The van der Waals surface area contributed by atoms with Crippen LogP contribution in [0.25, 0.3) is 5.76 Å². The van der Waals surface area contributed by atoms with E-state index in [1.807, 2.05) is 20.8 Å². The summed E-state index contributed by atoms with van der Waals surface area (Å²) in [5.41, 5.74) is 1.66.